The largest absolute Gasteiger partial charge is 0.454 e. The molecule has 3 aromatic carbocycles. The van der Waals surface area contributed by atoms with Crippen molar-refractivity contribution in [1.29, 1.82) is 0 Å². The van der Waals surface area contributed by atoms with Gasteiger partial charge < -0.3 is 14.0 Å². The van der Waals surface area contributed by atoms with Crippen LogP contribution in [0.15, 0.2) is 78.9 Å². The van der Waals surface area contributed by atoms with Crippen molar-refractivity contribution >= 4 is 33.3 Å². The Labute approximate surface area is 221 Å². The number of nitrogens with zero attached hydrogens (tertiary/aromatic N) is 2. The zero-order chi connectivity index (χ0) is 26.8. The predicted molar refractivity (Wildman–Crippen MR) is 142 cm³/mol. The van der Waals surface area contributed by atoms with Crippen molar-refractivity contribution < 1.29 is 27.8 Å². The van der Waals surface area contributed by atoms with Crippen LogP contribution in [0.4, 0.5) is 8.78 Å². The fraction of sp³-hybridized carbons (Fsp3) is 0.138. The maximum Gasteiger partial charge on any atom is 0.387 e. The molecule has 5 aromatic rings. The summed E-state index contributed by atoms with van der Waals surface area (Å²) in [6, 6.07) is 22.6. The molecule has 0 bridgehead atoms. The van der Waals surface area contributed by atoms with Gasteiger partial charge in [0.2, 0.25) is 5.78 Å². The minimum atomic E-state index is -2.91. The maximum atomic E-state index is 13.0. The molecule has 2 heterocycles. The number of aryl methyl sites for hydroxylation is 1. The zero-order valence-electron chi connectivity index (χ0n) is 20.5. The number of thiazole rings is 1. The second-order valence-electron chi connectivity index (χ2n) is 8.52. The zero-order valence-corrected chi connectivity index (χ0v) is 21.3. The van der Waals surface area contributed by atoms with Gasteiger partial charge in [-0.05, 0) is 62.4 Å². The minimum Gasteiger partial charge on any atom is -0.454 e. The van der Waals surface area contributed by atoms with Crippen LogP contribution in [-0.4, -0.2) is 34.5 Å². The molecule has 0 atom stereocenters. The number of ketones is 1. The fourth-order valence-electron chi connectivity index (χ4n) is 4.34. The number of fused-ring (bicyclic) bond motifs is 1. The third kappa shape index (κ3) is 5.05. The van der Waals surface area contributed by atoms with Crippen LogP contribution in [0.2, 0.25) is 0 Å². The smallest absolute Gasteiger partial charge is 0.387 e. The van der Waals surface area contributed by atoms with Gasteiger partial charge in [-0.1, -0.05) is 30.3 Å². The molecular weight excluding hydrogens is 510 g/mol. The van der Waals surface area contributed by atoms with Gasteiger partial charge in [-0.15, -0.1) is 11.3 Å². The summed E-state index contributed by atoms with van der Waals surface area (Å²) in [4.78, 5) is 30.7. The van der Waals surface area contributed by atoms with Gasteiger partial charge in [-0.2, -0.15) is 8.78 Å². The van der Waals surface area contributed by atoms with E-state index in [-0.39, 0.29) is 11.5 Å². The molecule has 0 spiro atoms. The van der Waals surface area contributed by atoms with Crippen molar-refractivity contribution in [3.05, 3.63) is 101 Å². The van der Waals surface area contributed by atoms with Gasteiger partial charge in [0, 0.05) is 28.2 Å². The van der Waals surface area contributed by atoms with Crippen LogP contribution in [-0.2, 0) is 4.74 Å². The number of alkyl halides is 2. The number of halogens is 2. The van der Waals surface area contributed by atoms with Crippen LogP contribution in [0.1, 0.15) is 32.1 Å². The number of benzene rings is 3. The number of rotatable bonds is 8. The van der Waals surface area contributed by atoms with Crippen molar-refractivity contribution in [3.8, 4) is 22.0 Å². The minimum absolute atomic E-state index is 0.0422. The molecule has 2 aromatic heterocycles. The van der Waals surface area contributed by atoms with E-state index in [1.165, 1.54) is 23.5 Å². The van der Waals surface area contributed by atoms with Crippen molar-refractivity contribution in [1.82, 2.24) is 9.55 Å². The van der Waals surface area contributed by atoms with Crippen molar-refractivity contribution in [2.75, 3.05) is 6.61 Å². The lowest BCUT2D eigenvalue weighted by atomic mass is 10.1. The van der Waals surface area contributed by atoms with Crippen LogP contribution in [0.25, 0.3) is 26.5 Å². The quantitative estimate of drug-likeness (QED) is 0.159. The molecule has 0 N–H and O–H groups in total. The van der Waals surface area contributed by atoms with E-state index in [0.29, 0.717) is 33.1 Å². The number of hydrogen-bond donors (Lipinski definition) is 0. The Morgan fingerprint density at radius 3 is 2.39 bits per heavy atom. The maximum absolute atomic E-state index is 13.0. The summed E-state index contributed by atoms with van der Waals surface area (Å²) in [6.07, 6.45) is 0. The predicted octanol–water partition coefficient (Wildman–Crippen LogP) is 7.01. The molecule has 38 heavy (non-hydrogen) atoms. The summed E-state index contributed by atoms with van der Waals surface area (Å²) in [5, 5.41) is 0.693. The second kappa shape index (κ2) is 10.5. The van der Waals surface area contributed by atoms with Crippen LogP contribution in [0.3, 0.4) is 0 Å². The summed E-state index contributed by atoms with van der Waals surface area (Å²) in [5.74, 6) is -0.926. The van der Waals surface area contributed by atoms with E-state index in [1.54, 1.807) is 43.3 Å². The lowest BCUT2D eigenvalue weighted by Crippen LogP contribution is -2.15. The van der Waals surface area contributed by atoms with Gasteiger partial charge >= 0.3 is 12.6 Å². The first-order chi connectivity index (χ1) is 18.3. The van der Waals surface area contributed by atoms with Crippen LogP contribution in [0.5, 0.6) is 5.75 Å². The highest BCUT2D eigenvalue weighted by Gasteiger charge is 2.21. The number of esters is 1. The number of hydrogen-bond acceptors (Lipinski definition) is 6. The highest BCUT2D eigenvalue weighted by atomic mass is 32.1. The molecule has 0 aliphatic carbocycles. The second-order valence-corrected chi connectivity index (χ2v) is 9.55. The highest BCUT2D eigenvalue weighted by molar-refractivity contribution is 7.21. The number of ether oxygens (including phenoxy) is 2. The molecule has 192 valence electrons. The van der Waals surface area contributed by atoms with Gasteiger partial charge in [-0.25, -0.2) is 9.78 Å². The van der Waals surface area contributed by atoms with E-state index >= 15 is 0 Å². The molecule has 0 unspecified atom stereocenters. The SMILES string of the molecule is Cc1cc(C(=O)COC(=O)c2ccccc2-c2nc3ccccc3s2)c(C)n1-c1ccc(OC(F)F)cc1. The normalized spacial score (nSPS) is 11.2. The topological polar surface area (TPSA) is 70.4 Å². The Hall–Kier alpha value is -4.37. The van der Waals surface area contributed by atoms with Crippen LogP contribution < -0.4 is 4.74 Å². The molecule has 0 saturated heterocycles. The number of aromatic nitrogens is 2. The fourth-order valence-corrected chi connectivity index (χ4v) is 5.35. The molecule has 6 nitrogen and oxygen atoms in total. The van der Waals surface area contributed by atoms with E-state index in [1.807, 2.05) is 41.8 Å². The molecule has 9 heteroatoms. The lowest BCUT2D eigenvalue weighted by Gasteiger charge is -2.11. The summed E-state index contributed by atoms with van der Waals surface area (Å²) in [7, 11) is 0. The first-order valence-corrected chi connectivity index (χ1v) is 12.5. The summed E-state index contributed by atoms with van der Waals surface area (Å²) >= 11 is 1.48. The average Bonchev–Trinajstić information content (AvgIpc) is 3.47. The molecular formula is C29H22F2N2O4S. The Kier molecular flexibility index (Phi) is 7.02. The third-order valence-corrected chi connectivity index (χ3v) is 7.13. The molecule has 5 rings (SSSR count). The monoisotopic (exact) mass is 532 g/mol. The number of carbonyl (C=O) groups excluding carboxylic acids is 2. The number of para-hydroxylation sites is 1. The summed E-state index contributed by atoms with van der Waals surface area (Å²) in [6.45, 7) is 0.260. The Morgan fingerprint density at radius 2 is 1.66 bits per heavy atom. The molecule has 0 fully saturated rings. The van der Waals surface area contributed by atoms with Gasteiger partial charge in [0.15, 0.2) is 6.61 Å². The first kappa shape index (κ1) is 25.3. The van der Waals surface area contributed by atoms with Crippen LogP contribution in [0, 0.1) is 13.8 Å². The Balaban J connectivity index is 1.32. The van der Waals surface area contributed by atoms with Gasteiger partial charge in [0.05, 0.1) is 15.8 Å². The number of carbonyl (C=O) groups is 2. The number of Topliss-reactive ketones (excluding diaryl/α,β-unsaturated/α-hetero) is 1. The van der Waals surface area contributed by atoms with E-state index in [2.05, 4.69) is 9.72 Å². The summed E-state index contributed by atoms with van der Waals surface area (Å²) in [5.41, 5.74) is 4.31. The van der Waals surface area contributed by atoms with Gasteiger partial charge in [0.25, 0.3) is 0 Å². The van der Waals surface area contributed by atoms with Crippen molar-refractivity contribution in [3.63, 3.8) is 0 Å². The molecule has 0 saturated carbocycles. The van der Waals surface area contributed by atoms with E-state index < -0.39 is 19.2 Å². The van der Waals surface area contributed by atoms with Crippen molar-refractivity contribution in [2.45, 2.75) is 20.5 Å². The highest BCUT2D eigenvalue weighted by Crippen LogP contribution is 2.32. The van der Waals surface area contributed by atoms with Crippen LogP contribution >= 0.6 is 11.3 Å². The molecule has 0 aliphatic rings. The standard InChI is InChI=1S/C29H22F2N2O4S/c1-17-15-23(18(2)33(17)19-11-13-20(14-12-19)37-29(30)31)25(34)16-36-28(35)22-8-4-3-7-21(22)27-32-24-9-5-6-10-26(24)38-27/h3-15,29H,16H2,1-2H3. The van der Waals surface area contributed by atoms with E-state index in [0.717, 1.165) is 15.9 Å². The molecule has 0 aliphatic heterocycles. The third-order valence-electron chi connectivity index (χ3n) is 6.06. The summed E-state index contributed by atoms with van der Waals surface area (Å²) < 4.78 is 37.6. The average molecular weight is 533 g/mol. The van der Waals surface area contributed by atoms with Crippen molar-refractivity contribution in [2.24, 2.45) is 0 Å². The molecule has 0 radical (unpaired) electrons. The first-order valence-electron chi connectivity index (χ1n) is 11.7. The van der Waals surface area contributed by atoms with Gasteiger partial charge in [0.1, 0.15) is 10.8 Å². The van der Waals surface area contributed by atoms with E-state index in [4.69, 9.17) is 4.74 Å². The molecule has 0 amide bonds. The lowest BCUT2D eigenvalue weighted by molar-refractivity contribution is -0.0498. The van der Waals surface area contributed by atoms with E-state index in [9.17, 15) is 18.4 Å². The van der Waals surface area contributed by atoms with Gasteiger partial charge in [-0.3, -0.25) is 4.79 Å². The Morgan fingerprint density at radius 1 is 0.947 bits per heavy atom. The Bertz CT molecular complexity index is 1610.